The highest BCUT2D eigenvalue weighted by Crippen LogP contribution is 2.26. The van der Waals surface area contributed by atoms with Crippen LogP contribution in [0.25, 0.3) is 6.08 Å². The molecule has 0 radical (unpaired) electrons. The van der Waals surface area contributed by atoms with Crippen molar-refractivity contribution in [2.75, 3.05) is 0 Å². The first-order valence-electron chi connectivity index (χ1n) is 6.71. The minimum Gasteiger partial charge on any atom is -0.255 e. The zero-order valence-electron chi connectivity index (χ0n) is 13.3. The molecule has 0 saturated heterocycles. The second-order valence-electron chi connectivity index (χ2n) is 5.77. The van der Waals surface area contributed by atoms with Crippen LogP contribution < -0.4 is 0 Å². The van der Waals surface area contributed by atoms with Crippen LogP contribution in [0.1, 0.15) is 65.0 Å². The lowest BCUT2D eigenvalue weighted by Crippen LogP contribution is -2.06. The summed E-state index contributed by atoms with van der Waals surface area (Å²) in [5, 5.41) is 0. The van der Waals surface area contributed by atoms with E-state index in [1.54, 1.807) is 0 Å². The number of aryl methyl sites for hydroxylation is 2. The van der Waals surface area contributed by atoms with Crippen molar-refractivity contribution in [3.05, 3.63) is 28.9 Å². The highest BCUT2D eigenvalue weighted by molar-refractivity contribution is 5.51. The number of rotatable bonds is 1. The molecule has 1 rings (SSSR count). The minimum atomic E-state index is 0.193. The van der Waals surface area contributed by atoms with Crippen LogP contribution in [-0.2, 0) is 0 Å². The first kappa shape index (κ1) is 16.8. The molecule has 1 aromatic heterocycles. The first-order valence-corrected chi connectivity index (χ1v) is 6.71. The summed E-state index contributed by atoms with van der Waals surface area (Å²) in [4.78, 5) is 8.79. The number of hydrogen-bond donors (Lipinski definition) is 0. The van der Waals surface area contributed by atoms with Gasteiger partial charge in [0.25, 0.3) is 0 Å². The molecule has 0 amide bonds. The number of hydrogen-bond acceptors (Lipinski definition) is 2. The summed E-state index contributed by atoms with van der Waals surface area (Å²) in [6, 6.07) is 0. The highest BCUT2D eigenvalue weighted by Gasteiger charge is 2.13. The van der Waals surface area contributed by atoms with Gasteiger partial charge in [0, 0.05) is 6.20 Å². The summed E-state index contributed by atoms with van der Waals surface area (Å²) in [6.07, 6.45) is 5.19. The topological polar surface area (TPSA) is 25.8 Å². The van der Waals surface area contributed by atoms with Crippen LogP contribution >= 0.6 is 0 Å². The maximum atomic E-state index is 4.40. The van der Waals surface area contributed by atoms with E-state index in [0.29, 0.717) is 0 Å². The van der Waals surface area contributed by atoms with Gasteiger partial charge >= 0.3 is 0 Å². The van der Waals surface area contributed by atoms with Crippen molar-refractivity contribution in [2.24, 2.45) is 5.41 Å². The van der Waals surface area contributed by atoms with Gasteiger partial charge in [-0.25, -0.2) is 0 Å². The summed E-state index contributed by atoms with van der Waals surface area (Å²) in [7, 11) is 0. The summed E-state index contributed by atoms with van der Waals surface area (Å²) in [5.74, 6) is 0. The number of nitrogens with zero attached hydrogens (tertiary/aromatic N) is 2. The fourth-order valence-electron chi connectivity index (χ4n) is 1.17. The Morgan fingerprint density at radius 2 is 1.72 bits per heavy atom. The van der Waals surface area contributed by atoms with Crippen LogP contribution in [0.5, 0.6) is 0 Å². The summed E-state index contributed by atoms with van der Waals surface area (Å²) < 4.78 is 0. The second-order valence-corrected chi connectivity index (χ2v) is 5.77. The maximum absolute atomic E-state index is 4.40. The molecule has 102 valence electrons. The van der Waals surface area contributed by atoms with Gasteiger partial charge in [0.1, 0.15) is 0 Å². The molecule has 2 nitrogen and oxygen atoms in total. The van der Waals surface area contributed by atoms with Crippen LogP contribution in [0.4, 0.5) is 0 Å². The predicted molar refractivity (Wildman–Crippen MR) is 80.6 cm³/mol. The zero-order valence-corrected chi connectivity index (χ0v) is 13.3. The normalized spacial score (nSPS) is 11.9. The molecule has 18 heavy (non-hydrogen) atoms. The minimum absolute atomic E-state index is 0.193. The highest BCUT2D eigenvalue weighted by atomic mass is 14.8. The first-order chi connectivity index (χ1) is 8.22. The molecule has 0 fully saturated rings. The van der Waals surface area contributed by atoms with Crippen molar-refractivity contribution < 1.29 is 0 Å². The van der Waals surface area contributed by atoms with Gasteiger partial charge in [-0.2, -0.15) is 0 Å². The van der Waals surface area contributed by atoms with Crippen LogP contribution in [0.3, 0.4) is 0 Å². The van der Waals surface area contributed by atoms with Gasteiger partial charge in [-0.1, -0.05) is 46.6 Å². The van der Waals surface area contributed by atoms with E-state index in [2.05, 4.69) is 57.6 Å². The Morgan fingerprint density at radius 3 is 2.11 bits per heavy atom. The average Bonchev–Trinajstić information content (AvgIpc) is 2.21. The molecule has 0 spiro atoms. The molecule has 0 saturated carbocycles. The summed E-state index contributed by atoms with van der Waals surface area (Å²) in [5.41, 5.74) is 4.47. The van der Waals surface area contributed by atoms with Gasteiger partial charge < -0.3 is 0 Å². The molecule has 0 aliphatic heterocycles. The van der Waals surface area contributed by atoms with E-state index in [1.807, 2.05) is 20.0 Å². The fraction of sp³-hybridized carbons (Fsp3) is 0.625. The molecule has 0 atom stereocenters. The van der Waals surface area contributed by atoms with E-state index in [1.165, 1.54) is 12.0 Å². The smallest absolute Gasteiger partial charge is 0.0842 e. The fourth-order valence-corrected chi connectivity index (χ4v) is 1.17. The standard InChI is InChI=1S/C13H20N2.C3H8/c1-9(13(4,5)6)7-12-11(3)15-10(2)8-14-12;1-3-2/h7-8H,1-6H3;3H2,1-2H3/b9-7+;. The largest absolute Gasteiger partial charge is 0.255 e. The van der Waals surface area contributed by atoms with Crippen LogP contribution in [0.2, 0.25) is 0 Å². The van der Waals surface area contributed by atoms with E-state index in [0.717, 1.165) is 17.1 Å². The van der Waals surface area contributed by atoms with Gasteiger partial charge in [-0.05, 0) is 32.3 Å². The lowest BCUT2D eigenvalue weighted by atomic mass is 9.87. The Kier molecular flexibility index (Phi) is 6.82. The average molecular weight is 248 g/mol. The molecule has 0 unspecified atom stereocenters. The van der Waals surface area contributed by atoms with Gasteiger partial charge in [-0.15, -0.1) is 0 Å². The Labute approximate surface area is 113 Å². The van der Waals surface area contributed by atoms with Gasteiger partial charge in [-0.3, -0.25) is 9.97 Å². The molecule has 0 aliphatic rings. The van der Waals surface area contributed by atoms with Crippen molar-refractivity contribution in [2.45, 2.75) is 61.8 Å². The van der Waals surface area contributed by atoms with E-state index < -0.39 is 0 Å². The molecule has 0 aromatic carbocycles. The van der Waals surface area contributed by atoms with Crippen LogP contribution in [0.15, 0.2) is 11.8 Å². The SMILES string of the molecule is C/C(=C\c1ncc(C)nc1C)C(C)(C)C.CCC. The molecule has 0 aliphatic carbocycles. The van der Waals surface area contributed by atoms with Crippen molar-refractivity contribution in [1.82, 2.24) is 9.97 Å². The molecular formula is C16H28N2. The van der Waals surface area contributed by atoms with Gasteiger partial charge in [0.15, 0.2) is 0 Å². The predicted octanol–water partition coefficient (Wildman–Crippen LogP) is 4.96. The van der Waals surface area contributed by atoms with Crippen molar-refractivity contribution in [3.63, 3.8) is 0 Å². The molecule has 0 bridgehead atoms. The van der Waals surface area contributed by atoms with E-state index in [9.17, 15) is 0 Å². The van der Waals surface area contributed by atoms with E-state index >= 15 is 0 Å². The van der Waals surface area contributed by atoms with Crippen molar-refractivity contribution >= 4 is 6.08 Å². The Hall–Kier alpha value is -1.18. The van der Waals surface area contributed by atoms with Crippen molar-refractivity contribution in [3.8, 4) is 0 Å². The molecule has 0 N–H and O–H groups in total. The van der Waals surface area contributed by atoms with E-state index in [-0.39, 0.29) is 5.41 Å². The molecular weight excluding hydrogens is 220 g/mol. The van der Waals surface area contributed by atoms with E-state index in [4.69, 9.17) is 0 Å². The molecule has 1 heterocycles. The third-order valence-electron chi connectivity index (χ3n) is 2.64. The quantitative estimate of drug-likeness (QED) is 0.702. The Balaban J connectivity index is 0.000000873. The van der Waals surface area contributed by atoms with Gasteiger partial charge in [0.05, 0.1) is 17.1 Å². The van der Waals surface area contributed by atoms with Crippen molar-refractivity contribution in [1.29, 1.82) is 0 Å². The monoisotopic (exact) mass is 248 g/mol. The Bertz CT molecular complexity index is 398. The summed E-state index contributed by atoms with van der Waals surface area (Å²) >= 11 is 0. The number of aromatic nitrogens is 2. The third-order valence-corrected chi connectivity index (χ3v) is 2.64. The molecule has 2 heteroatoms. The summed E-state index contributed by atoms with van der Waals surface area (Å²) in [6.45, 7) is 17.0. The zero-order chi connectivity index (χ0) is 14.3. The molecule has 1 aromatic rings. The van der Waals surface area contributed by atoms with Crippen LogP contribution in [0, 0.1) is 19.3 Å². The van der Waals surface area contributed by atoms with Gasteiger partial charge in [0.2, 0.25) is 0 Å². The Morgan fingerprint density at radius 1 is 1.22 bits per heavy atom. The number of allylic oxidation sites excluding steroid dienone is 1. The maximum Gasteiger partial charge on any atom is 0.0842 e. The van der Waals surface area contributed by atoms with Crippen LogP contribution in [-0.4, -0.2) is 9.97 Å². The third kappa shape index (κ3) is 5.95. The lowest BCUT2D eigenvalue weighted by molar-refractivity contribution is 0.507. The lowest BCUT2D eigenvalue weighted by Gasteiger charge is -2.19. The second kappa shape index (κ2) is 7.30.